The number of rotatable bonds is 6. The minimum Gasteiger partial charge on any atom is -0.475 e. The van der Waals surface area contributed by atoms with E-state index in [0.29, 0.717) is 18.1 Å². The van der Waals surface area contributed by atoms with Crippen molar-refractivity contribution in [2.75, 3.05) is 5.32 Å². The quantitative estimate of drug-likeness (QED) is 0.858. The van der Waals surface area contributed by atoms with Gasteiger partial charge in [0.1, 0.15) is 0 Å². The van der Waals surface area contributed by atoms with Crippen LogP contribution in [0.25, 0.3) is 0 Å². The minimum absolute atomic E-state index is 0.115. The third-order valence-corrected chi connectivity index (χ3v) is 3.11. The lowest BCUT2D eigenvalue weighted by Crippen LogP contribution is -2.28. The average Bonchev–Trinajstić information content (AvgIpc) is 2.90. The summed E-state index contributed by atoms with van der Waals surface area (Å²) in [5.74, 6) is 0.571. The Balaban J connectivity index is 1.85. The zero-order valence-electron chi connectivity index (χ0n) is 13.0. The predicted octanol–water partition coefficient (Wildman–Crippen LogP) is 2.31. The number of ether oxygens (including phenoxy) is 1. The van der Waals surface area contributed by atoms with Gasteiger partial charge in [0.15, 0.2) is 0 Å². The maximum absolute atomic E-state index is 11.8. The van der Waals surface area contributed by atoms with Gasteiger partial charge in [0.05, 0.1) is 18.0 Å². The molecule has 0 aliphatic carbocycles. The summed E-state index contributed by atoms with van der Waals surface area (Å²) in [6, 6.07) is 3.39. The van der Waals surface area contributed by atoms with E-state index in [1.165, 1.54) is 0 Å². The Morgan fingerprint density at radius 2 is 2.32 bits per heavy atom. The molecule has 0 fully saturated rings. The van der Waals surface area contributed by atoms with Crippen molar-refractivity contribution < 1.29 is 9.53 Å². The first kappa shape index (κ1) is 15.8. The van der Waals surface area contributed by atoms with Gasteiger partial charge in [0, 0.05) is 32.1 Å². The van der Waals surface area contributed by atoms with Crippen molar-refractivity contribution in [1.82, 2.24) is 20.1 Å². The summed E-state index contributed by atoms with van der Waals surface area (Å²) >= 11 is 0. The summed E-state index contributed by atoms with van der Waals surface area (Å²) < 4.78 is 7.28. The molecule has 2 aromatic heterocycles. The van der Waals surface area contributed by atoms with E-state index >= 15 is 0 Å². The molecule has 2 aromatic rings. The molecule has 0 aliphatic rings. The van der Waals surface area contributed by atoms with Crippen LogP contribution in [-0.2, 0) is 13.6 Å². The van der Waals surface area contributed by atoms with Crippen LogP contribution in [0.3, 0.4) is 0 Å². The number of carbonyl (C=O) groups excluding carboxylic acids is 1. The Kier molecular flexibility index (Phi) is 5.35. The smallest absolute Gasteiger partial charge is 0.319 e. The van der Waals surface area contributed by atoms with Crippen LogP contribution < -0.4 is 15.4 Å². The molecular formula is C15H21N5O2. The van der Waals surface area contributed by atoms with Crippen LogP contribution in [0.1, 0.15) is 25.8 Å². The number of nitrogens with zero attached hydrogens (tertiary/aromatic N) is 3. The number of aryl methyl sites for hydroxylation is 1. The van der Waals surface area contributed by atoms with Gasteiger partial charge < -0.3 is 15.4 Å². The summed E-state index contributed by atoms with van der Waals surface area (Å²) in [4.78, 5) is 16.0. The van der Waals surface area contributed by atoms with Crippen molar-refractivity contribution in [3.63, 3.8) is 0 Å². The van der Waals surface area contributed by atoms with Gasteiger partial charge in [-0.05, 0) is 25.0 Å². The molecule has 2 heterocycles. The van der Waals surface area contributed by atoms with Crippen molar-refractivity contribution in [3.8, 4) is 5.88 Å². The van der Waals surface area contributed by atoms with E-state index in [1.807, 2.05) is 19.1 Å². The van der Waals surface area contributed by atoms with Gasteiger partial charge in [-0.25, -0.2) is 9.78 Å². The molecule has 2 N–H and O–H groups in total. The van der Waals surface area contributed by atoms with E-state index in [4.69, 9.17) is 4.74 Å². The van der Waals surface area contributed by atoms with Crippen molar-refractivity contribution in [2.24, 2.45) is 7.05 Å². The first-order valence-corrected chi connectivity index (χ1v) is 7.22. The summed E-state index contributed by atoms with van der Waals surface area (Å²) in [5.41, 5.74) is 1.57. The third-order valence-electron chi connectivity index (χ3n) is 3.11. The molecule has 2 amide bonds. The number of hydrogen-bond donors (Lipinski definition) is 2. The second kappa shape index (κ2) is 7.44. The molecule has 1 atom stereocenters. The predicted molar refractivity (Wildman–Crippen MR) is 83.7 cm³/mol. The summed E-state index contributed by atoms with van der Waals surface area (Å²) in [6.07, 6.45) is 6.02. The zero-order valence-corrected chi connectivity index (χ0v) is 13.0. The highest BCUT2D eigenvalue weighted by molar-refractivity contribution is 5.88. The second-order valence-corrected chi connectivity index (χ2v) is 5.05. The molecule has 0 radical (unpaired) electrons. The van der Waals surface area contributed by atoms with E-state index in [0.717, 1.165) is 12.0 Å². The molecule has 118 valence electrons. The molecule has 0 saturated carbocycles. The van der Waals surface area contributed by atoms with Gasteiger partial charge in [-0.2, -0.15) is 5.10 Å². The van der Waals surface area contributed by atoms with Crippen molar-refractivity contribution in [1.29, 1.82) is 0 Å². The fraction of sp³-hybridized carbons (Fsp3) is 0.400. The van der Waals surface area contributed by atoms with Gasteiger partial charge in [-0.1, -0.05) is 6.92 Å². The molecule has 0 aliphatic heterocycles. The Bertz CT molecular complexity index is 626. The molecule has 2 rings (SSSR count). The molecular weight excluding hydrogens is 282 g/mol. The number of anilines is 1. The van der Waals surface area contributed by atoms with Crippen LogP contribution in [0, 0.1) is 0 Å². The lowest BCUT2D eigenvalue weighted by molar-refractivity contribution is 0.208. The fourth-order valence-electron chi connectivity index (χ4n) is 1.76. The lowest BCUT2D eigenvalue weighted by atomic mass is 10.2. The van der Waals surface area contributed by atoms with Crippen molar-refractivity contribution in [3.05, 3.63) is 36.3 Å². The molecule has 7 nitrogen and oxygen atoms in total. The fourth-order valence-corrected chi connectivity index (χ4v) is 1.76. The van der Waals surface area contributed by atoms with Crippen LogP contribution in [0.5, 0.6) is 5.88 Å². The van der Waals surface area contributed by atoms with Crippen molar-refractivity contribution >= 4 is 11.7 Å². The Hall–Kier alpha value is -2.57. The number of amides is 2. The maximum Gasteiger partial charge on any atom is 0.319 e. The third kappa shape index (κ3) is 4.76. The van der Waals surface area contributed by atoms with E-state index in [9.17, 15) is 4.79 Å². The topological polar surface area (TPSA) is 81.1 Å². The van der Waals surface area contributed by atoms with Crippen LogP contribution >= 0.6 is 0 Å². The highest BCUT2D eigenvalue weighted by Gasteiger charge is 2.06. The first-order valence-electron chi connectivity index (χ1n) is 7.22. The van der Waals surface area contributed by atoms with Crippen LogP contribution in [0.15, 0.2) is 30.7 Å². The van der Waals surface area contributed by atoms with Gasteiger partial charge in [-0.15, -0.1) is 0 Å². The average molecular weight is 303 g/mol. The van der Waals surface area contributed by atoms with Crippen LogP contribution in [0.2, 0.25) is 0 Å². The Morgan fingerprint density at radius 3 is 3.00 bits per heavy atom. The van der Waals surface area contributed by atoms with Gasteiger partial charge in [-0.3, -0.25) is 4.68 Å². The number of pyridine rings is 1. The first-order chi connectivity index (χ1) is 10.6. The number of aromatic nitrogens is 3. The van der Waals surface area contributed by atoms with Crippen LogP contribution in [0.4, 0.5) is 10.5 Å². The van der Waals surface area contributed by atoms with Gasteiger partial charge in [0.25, 0.3) is 0 Å². The van der Waals surface area contributed by atoms with Crippen molar-refractivity contribution in [2.45, 2.75) is 32.9 Å². The normalized spacial score (nSPS) is 11.8. The summed E-state index contributed by atoms with van der Waals surface area (Å²) in [6.45, 7) is 4.44. The number of nitrogens with one attached hydrogen (secondary N) is 2. The number of carbonyl (C=O) groups is 1. The van der Waals surface area contributed by atoms with E-state index in [2.05, 4.69) is 27.6 Å². The largest absolute Gasteiger partial charge is 0.475 e. The molecule has 7 heteroatoms. The SMILES string of the molecule is CCC(C)Oc1cc(CNC(=O)Nc2cnn(C)c2)ccn1. The van der Waals surface area contributed by atoms with Gasteiger partial charge >= 0.3 is 6.03 Å². The van der Waals surface area contributed by atoms with Crippen LogP contribution in [-0.4, -0.2) is 26.9 Å². The molecule has 0 spiro atoms. The molecule has 0 bridgehead atoms. The minimum atomic E-state index is -0.283. The maximum atomic E-state index is 11.8. The van der Waals surface area contributed by atoms with E-state index < -0.39 is 0 Å². The second-order valence-electron chi connectivity index (χ2n) is 5.05. The summed E-state index contributed by atoms with van der Waals surface area (Å²) in [5, 5.41) is 9.47. The summed E-state index contributed by atoms with van der Waals surface area (Å²) in [7, 11) is 1.79. The standard InChI is InChI=1S/C15H21N5O2/c1-4-11(2)22-14-7-12(5-6-16-14)8-17-15(21)19-13-9-18-20(3)10-13/h5-7,9-11H,4,8H2,1-3H3,(H2,17,19,21). The van der Waals surface area contributed by atoms with E-state index in [-0.39, 0.29) is 12.1 Å². The Labute approximate surface area is 129 Å². The highest BCUT2D eigenvalue weighted by atomic mass is 16.5. The number of urea groups is 1. The lowest BCUT2D eigenvalue weighted by Gasteiger charge is -2.12. The molecule has 22 heavy (non-hydrogen) atoms. The number of hydrogen-bond acceptors (Lipinski definition) is 4. The molecule has 0 saturated heterocycles. The van der Waals surface area contributed by atoms with Gasteiger partial charge in [0.2, 0.25) is 5.88 Å². The van der Waals surface area contributed by atoms with E-state index in [1.54, 1.807) is 30.3 Å². The molecule has 0 aromatic carbocycles. The zero-order chi connectivity index (χ0) is 15.9. The highest BCUT2D eigenvalue weighted by Crippen LogP contribution is 2.12. The Morgan fingerprint density at radius 1 is 1.50 bits per heavy atom. The molecule has 1 unspecified atom stereocenters. The monoisotopic (exact) mass is 303 g/mol.